The van der Waals surface area contributed by atoms with E-state index in [0.717, 1.165) is 54.7 Å². The molecule has 31 heavy (non-hydrogen) atoms. The van der Waals surface area contributed by atoms with Gasteiger partial charge in [0.05, 0.1) is 24.4 Å². The normalized spacial score (nSPS) is 14.4. The fourth-order valence-electron chi connectivity index (χ4n) is 3.27. The minimum Gasteiger partial charge on any atom is -0.492 e. The number of carbonyl (C=O) groups excluding carboxylic acids is 1. The molecular formula is C23H24ClN3O3S. The van der Waals surface area contributed by atoms with Gasteiger partial charge in [0.15, 0.2) is 0 Å². The molecule has 3 aromatic rings. The lowest BCUT2D eigenvalue weighted by Gasteiger charge is -2.26. The summed E-state index contributed by atoms with van der Waals surface area (Å²) in [6.45, 7) is 5.39. The second kappa shape index (κ2) is 10.7. The zero-order chi connectivity index (χ0) is 21.5. The Labute approximate surface area is 190 Å². The third kappa shape index (κ3) is 6.04. The van der Waals surface area contributed by atoms with Gasteiger partial charge in [0, 0.05) is 31.7 Å². The van der Waals surface area contributed by atoms with Crippen LogP contribution in [0.15, 0.2) is 54.7 Å². The summed E-state index contributed by atoms with van der Waals surface area (Å²) in [7, 11) is 0. The topological polar surface area (TPSA) is 63.7 Å². The standard InChI is InChI=1S/C23H24ClN3O3S/c24-20-7-2-1-6-19(20)23-26-16-21(31-23)22(28)25-15-17-4-3-5-18(14-17)30-13-10-27-8-11-29-12-9-27/h1-7,14,16H,8-13,15H2,(H,25,28). The lowest BCUT2D eigenvalue weighted by atomic mass is 10.2. The first-order valence-electron chi connectivity index (χ1n) is 10.2. The first-order chi connectivity index (χ1) is 15.2. The number of hydrogen-bond donors (Lipinski definition) is 1. The number of carbonyl (C=O) groups is 1. The van der Waals surface area contributed by atoms with Crippen LogP contribution >= 0.6 is 22.9 Å². The van der Waals surface area contributed by atoms with Gasteiger partial charge in [0.2, 0.25) is 0 Å². The van der Waals surface area contributed by atoms with Crippen LogP contribution in [0.5, 0.6) is 5.75 Å². The number of amides is 1. The van der Waals surface area contributed by atoms with Crippen molar-refractivity contribution in [2.24, 2.45) is 0 Å². The molecule has 2 aromatic carbocycles. The van der Waals surface area contributed by atoms with Crippen molar-refractivity contribution in [3.8, 4) is 16.3 Å². The lowest BCUT2D eigenvalue weighted by Crippen LogP contribution is -2.38. The third-order valence-electron chi connectivity index (χ3n) is 4.97. The number of morpholine rings is 1. The van der Waals surface area contributed by atoms with Crippen LogP contribution in [0.2, 0.25) is 5.02 Å². The van der Waals surface area contributed by atoms with Crippen LogP contribution in [-0.4, -0.2) is 55.2 Å². The molecule has 0 unspecified atom stereocenters. The molecule has 1 aromatic heterocycles. The number of halogens is 1. The first-order valence-corrected chi connectivity index (χ1v) is 11.4. The number of aromatic nitrogens is 1. The van der Waals surface area contributed by atoms with E-state index in [4.69, 9.17) is 21.1 Å². The van der Waals surface area contributed by atoms with Gasteiger partial charge in [-0.3, -0.25) is 9.69 Å². The number of ether oxygens (including phenoxy) is 2. The first kappa shape index (κ1) is 21.8. The smallest absolute Gasteiger partial charge is 0.263 e. The molecule has 0 aliphatic carbocycles. The number of nitrogens with zero attached hydrogens (tertiary/aromatic N) is 2. The molecule has 6 nitrogen and oxygen atoms in total. The van der Waals surface area contributed by atoms with E-state index < -0.39 is 0 Å². The molecule has 1 aliphatic heterocycles. The van der Waals surface area contributed by atoms with Gasteiger partial charge < -0.3 is 14.8 Å². The molecule has 8 heteroatoms. The van der Waals surface area contributed by atoms with Crippen LogP contribution in [-0.2, 0) is 11.3 Å². The Morgan fingerprint density at radius 2 is 2.03 bits per heavy atom. The highest BCUT2D eigenvalue weighted by Gasteiger charge is 2.14. The molecule has 0 radical (unpaired) electrons. The number of nitrogens with one attached hydrogen (secondary N) is 1. The SMILES string of the molecule is O=C(NCc1cccc(OCCN2CCOCC2)c1)c1cnc(-c2ccccc2Cl)s1. The molecule has 1 amide bonds. The zero-order valence-corrected chi connectivity index (χ0v) is 18.6. The Balaban J connectivity index is 1.28. The number of thiazole rings is 1. The molecule has 2 heterocycles. The zero-order valence-electron chi connectivity index (χ0n) is 17.1. The Hall–Kier alpha value is -2.45. The predicted molar refractivity (Wildman–Crippen MR) is 123 cm³/mol. The largest absolute Gasteiger partial charge is 0.492 e. The van der Waals surface area contributed by atoms with Crippen molar-refractivity contribution in [3.05, 3.63) is 70.2 Å². The summed E-state index contributed by atoms with van der Waals surface area (Å²) >= 11 is 7.56. The minimum atomic E-state index is -0.158. The summed E-state index contributed by atoms with van der Waals surface area (Å²) in [6.07, 6.45) is 1.59. The summed E-state index contributed by atoms with van der Waals surface area (Å²) in [5.74, 6) is 0.647. The molecule has 4 rings (SSSR count). The second-order valence-electron chi connectivity index (χ2n) is 7.14. The van der Waals surface area contributed by atoms with Gasteiger partial charge in [0.1, 0.15) is 22.2 Å². The molecule has 1 fully saturated rings. The summed E-state index contributed by atoms with van der Waals surface area (Å²) < 4.78 is 11.2. The maximum absolute atomic E-state index is 12.6. The molecule has 162 valence electrons. The van der Waals surface area contributed by atoms with E-state index in [1.807, 2.05) is 48.5 Å². The van der Waals surface area contributed by atoms with E-state index in [2.05, 4.69) is 15.2 Å². The second-order valence-corrected chi connectivity index (χ2v) is 8.58. The lowest BCUT2D eigenvalue weighted by molar-refractivity contribution is 0.0322. The van der Waals surface area contributed by atoms with Crippen molar-refractivity contribution in [2.75, 3.05) is 39.5 Å². The van der Waals surface area contributed by atoms with E-state index in [9.17, 15) is 4.79 Å². The van der Waals surface area contributed by atoms with Crippen LogP contribution in [0.1, 0.15) is 15.2 Å². The molecule has 1 aliphatic rings. The van der Waals surface area contributed by atoms with Crippen molar-refractivity contribution in [2.45, 2.75) is 6.54 Å². The Morgan fingerprint density at radius 3 is 2.87 bits per heavy atom. The molecule has 0 bridgehead atoms. The van der Waals surface area contributed by atoms with Crippen molar-refractivity contribution in [3.63, 3.8) is 0 Å². The van der Waals surface area contributed by atoms with E-state index in [-0.39, 0.29) is 5.91 Å². The average Bonchev–Trinajstić information content (AvgIpc) is 3.29. The number of rotatable bonds is 8. The average molecular weight is 458 g/mol. The van der Waals surface area contributed by atoms with Crippen LogP contribution < -0.4 is 10.1 Å². The molecule has 1 N–H and O–H groups in total. The van der Waals surface area contributed by atoms with Gasteiger partial charge in [-0.25, -0.2) is 4.98 Å². The Kier molecular flexibility index (Phi) is 7.53. The van der Waals surface area contributed by atoms with Crippen molar-refractivity contribution >= 4 is 28.8 Å². The van der Waals surface area contributed by atoms with Gasteiger partial charge in [-0.1, -0.05) is 41.9 Å². The molecule has 0 spiro atoms. The highest BCUT2D eigenvalue weighted by molar-refractivity contribution is 7.17. The van der Waals surface area contributed by atoms with E-state index >= 15 is 0 Å². The van der Waals surface area contributed by atoms with Crippen LogP contribution in [0.4, 0.5) is 0 Å². The van der Waals surface area contributed by atoms with Crippen molar-refractivity contribution < 1.29 is 14.3 Å². The van der Waals surface area contributed by atoms with Crippen molar-refractivity contribution in [1.29, 1.82) is 0 Å². The molecular weight excluding hydrogens is 434 g/mol. The van der Waals surface area contributed by atoms with Crippen LogP contribution in [0, 0.1) is 0 Å². The number of benzene rings is 2. The Bertz CT molecular complexity index is 1020. The van der Waals surface area contributed by atoms with Gasteiger partial charge in [0.25, 0.3) is 5.91 Å². The molecule has 0 saturated carbocycles. The minimum absolute atomic E-state index is 0.158. The third-order valence-corrected chi connectivity index (χ3v) is 6.32. The highest BCUT2D eigenvalue weighted by Crippen LogP contribution is 2.30. The summed E-state index contributed by atoms with van der Waals surface area (Å²) in [5, 5.41) is 4.30. The van der Waals surface area contributed by atoms with Gasteiger partial charge >= 0.3 is 0 Å². The quantitative estimate of drug-likeness (QED) is 0.551. The molecule has 1 saturated heterocycles. The Morgan fingerprint density at radius 1 is 1.19 bits per heavy atom. The van der Waals surface area contributed by atoms with Gasteiger partial charge in [-0.05, 0) is 23.8 Å². The fourth-order valence-corrected chi connectivity index (χ4v) is 4.42. The summed E-state index contributed by atoms with van der Waals surface area (Å²) in [5.41, 5.74) is 1.81. The van der Waals surface area contributed by atoms with Gasteiger partial charge in [-0.15, -0.1) is 11.3 Å². The van der Waals surface area contributed by atoms with E-state index in [0.29, 0.717) is 23.1 Å². The summed E-state index contributed by atoms with van der Waals surface area (Å²) in [4.78, 5) is 19.8. The van der Waals surface area contributed by atoms with E-state index in [1.165, 1.54) is 11.3 Å². The fraction of sp³-hybridized carbons (Fsp3) is 0.304. The summed E-state index contributed by atoms with van der Waals surface area (Å²) in [6, 6.07) is 15.3. The maximum atomic E-state index is 12.6. The van der Waals surface area contributed by atoms with Crippen LogP contribution in [0.3, 0.4) is 0 Å². The van der Waals surface area contributed by atoms with Crippen LogP contribution in [0.25, 0.3) is 10.6 Å². The van der Waals surface area contributed by atoms with Crippen molar-refractivity contribution in [1.82, 2.24) is 15.2 Å². The van der Waals surface area contributed by atoms with E-state index in [1.54, 1.807) is 6.20 Å². The monoisotopic (exact) mass is 457 g/mol. The number of hydrogen-bond acceptors (Lipinski definition) is 6. The van der Waals surface area contributed by atoms with Gasteiger partial charge in [-0.2, -0.15) is 0 Å². The molecule has 0 atom stereocenters. The highest BCUT2D eigenvalue weighted by atomic mass is 35.5. The predicted octanol–water partition coefficient (Wildman–Crippen LogP) is 4.10. The maximum Gasteiger partial charge on any atom is 0.263 e.